The SMILES string of the molecule is CCC[C@H](C)OC(=O)[C@@H](N[P@](=O)(OCC1(COC(=O)C(N)C(C)C)C/C1=C/n1cnc2c(=O)[nH]c(N)nc21)Oc1ccccc1)C(C)C. The topological polar surface area (TPSA) is 216 Å². The molecular weight excluding hydrogens is 641 g/mol. The van der Waals surface area contributed by atoms with Crippen LogP contribution in [0.3, 0.4) is 0 Å². The molecule has 15 nitrogen and oxygen atoms in total. The molecule has 2 heterocycles. The minimum atomic E-state index is -4.29. The molecule has 1 fully saturated rings. The molecule has 1 aliphatic rings. The van der Waals surface area contributed by atoms with Crippen LogP contribution in [0.2, 0.25) is 0 Å². The molecule has 0 radical (unpaired) electrons. The van der Waals surface area contributed by atoms with Crippen molar-refractivity contribution in [2.75, 3.05) is 18.9 Å². The van der Waals surface area contributed by atoms with Crippen molar-refractivity contribution in [3.8, 4) is 5.75 Å². The van der Waals surface area contributed by atoms with E-state index in [-0.39, 0.29) is 54.0 Å². The number of ether oxygens (including phenoxy) is 2. The van der Waals surface area contributed by atoms with Crippen molar-refractivity contribution >= 4 is 43.0 Å². The Morgan fingerprint density at radius 3 is 2.48 bits per heavy atom. The monoisotopic (exact) mass is 687 g/mol. The van der Waals surface area contributed by atoms with Crippen LogP contribution in [0.5, 0.6) is 5.75 Å². The Balaban J connectivity index is 1.65. The van der Waals surface area contributed by atoms with Gasteiger partial charge in [-0.3, -0.25) is 28.5 Å². The lowest BCUT2D eigenvalue weighted by Gasteiger charge is -2.28. The number of aromatic nitrogens is 4. The highest BCUT2D eigenvalue weighted by Crippen LogP contribution is 2.57. The highest BCUT2D eigenvalue weighted by atomic mass is 31.2. The third-order valence-corrected chi connectivity index (χ3v) is 9.54. The van der Waals surface area contributed by atoms with Gasteiger partial charge in [-0.2, -0.15) is 10.1 Å². The van der Waals surface area contributed by atoms with Gasteiger partial charge in [0, 0.05) is 6.20 Å². The van der Waals surface area contributed by atoms with Crippen LogP contribution in [-0.4, -0.2) is 62.9 Å². The Kier molecular flexibility index (Phi) is 11.8. The predicted molar refractivity (Wildman–Crippen MR) is 181 cm³/mol. The van der Waals surface area contributed by atoms with Crippen molar-refractivity contribution < 1.29 is 32.7 Å². The quantitative estimate of drug-likeness (QED) is 0.117. The van der Waals surface area contributed by atoms with Gasteiger partial charge < -0.3 is 25.5 Å². The van der Waals surface area contributed by atoms with Gasteiger partial charge >= 0.3 is 19.7 Å². The molecule has 2 unspecified atom stereocenters. The Hall–Kier alpha value is -4.04. The van der Waals surface area contributed by atoms with E-state index in [1.807, 2.05) is 6.92 Å². The average molecular weight is 688 g/mol. The maximum Gasteiger partial charge on any atom is 0.459 e. The van der Waals surface area contributed by atoms with E-state index in [2.05, 4.69) is 20.0 Å². The van der Waals surface area contributed by atoms with E-state index in [1.54, 1.807) is 71.2 Å². The van der Waals surface area contributed by atoms with E-state index in [0.29, 0.717) is 18.4 Å². The number of H-pyrrole nitrogens is 1. The molecular formula is C32H46N7O8P. The molecule has 262 valence electrons. The number of hydrogen-bond acceptors (Lipinski definition) is 12. The van der Waals surface area contributed by atoms with E-state index < -0.39 is 42.7 Å². The lowest BCUT2D eigenvalue weighted by Crippen LogP contribution is -2.43. The zero-order chi connectivity index (χ0) is 35.2. The Morgan fingerprint density at radius 1 is 1.12 bits per heavy atom. The van der Waals surface area contributed by atoms with Crippen molar-refractivity contribution in [3.05, 3.63) is 52.6 Å². The molecule has 4 rings (SSSR count). The fourth-order valence-electron chi connectivity index (χ4n) is 4.92. The summed E-state index contributed by atoms with van der Waals surface area (Å²) in [5, 5.41) is 2.83. The number of nitrogen functional groups attached to an aromatic ring is 1. The highest BCUT2D eigenvalue weighted by molar-refractivity contribution is 7.52. The number of rotatable bonds is 17. The van der Waals surface area contributed by atoms with E-state index in [1.165, 1.54) is 10.9 Å². The minimum Gasteiger partial charge on any atom is -0.463 e. The number of fused-ring (bicyclic) bond motifs is 1. The smallest absolute Gasteiger partial charge is 0.459 e. The van der Waals surface area contributed by atoms with Crippen molar-refractivity contribution in [2.24, 2.45) is 23.0 Å². The van der Waals surface area contributed by atoms with Crippen molar-refractivity contribution in [1.82, 2.24) is 24.6 Å². The molecule has 6 N–H and O–H groups in total. The van der Waals surface area contributed by atoms with Crippen LogP contribution in [0.25, 0.3) is 17.4 Å². The first-order valence-corrected chi connectivity index (χ1v) is 17.5. The summed E-state index contributed by atoms with van der Waals surface area (Å²) in [6, 6.07) is 6.54. The summed E-state index contributed by atoms with van der Waals surface area (Å²) in [4.78, 5) is 49.1. The third-order valence-electron chi connectivity index (χ3n) is 8.02. The second-order valence-electron chi connectivity index (χ2n) is 12.8. The Morgan fingerprint density at radius 2 is 1.83 bits per heavy atom. The number of para-hydroxylation sites is 1. The number of hydrogen-bond donors (Lipinski definition) is 4. The number of nitrogens with zero attached hydrogens (tertiary/aromatic N) is 3. The van der Waals surface area contributed by atoms with Crippen molar-refractivity contribution in [1.29, 1.82) is 0 Å². The van der Waals surface area contributed by atoms with Crippen LogP contribution < -0.4 is 26.6 Å². The molecule has 16 heteroatoms. The average Bonchev–Trinajstić information content (AvgIpc) is 3.56. The predicted octanol–water partition coefficient (Wildman–Crippen LogP) is 4.01. The van der Waals surface area contributed by atoms with Gasteiger partial charge in [0.1, 0.15) is 30.8 Å². The lowest BCUT2D eigenvalue weighted by atomic mass is 10.1. The number of benzene rings is 1. The number of carbonyl (C=O) groups excluding carboxylic acids is 2. The number of imidazole rings is 1. The van der Waals surface area contributed by atoms with Gasteiger partial charge in [0.05, 0.1) is 18.1 Å². The van der Waals surface area contributed by atoms with Gasteiger partial charge in [0.15, 0.2) is 11.2 Å². The number of esters is 2. The number of aromatic amines is 1. The van der Waals surface area contributed by atoms with E-state index in [0.717, 1.165) is 6.42 Å². The summed E-state index contributed by atoms with van der Waals surface area (Å²) in [6.07, 6.45) is 4.60. The first-order valence-electron chi connectivity index (χ1n) is 16.0. The summed E-state index contributed by atoms with van der Waals surface area (Å²) in [5.74, 6) is -1.53. The first kappa shape index (κ1) is 36.8. The molecule has 1 aliphatic carbocycles. The summed E-state index contributed by atoms with van der Waals surface area (Å²) < 4.78 is 39.3. The Bertz CT molecular complexity index is 1720. The fraction of sp³-hybridized carbons (Fsp3) is 0.531. The highest BCUT2D eigenvalue weighted by Gasteiger charge is 2.53. The number of anilines is 1. The van der Waals surface area contributed by atoms with Crippen LogP contribution in [0.15, 0.2) is 47.0 Å². The zero-order valence-corrected chi connectivity index (χ0v) is 29.1. The third kappa shape index (κ3) is 9.10. The standard InChI is InChI=1S/C32H46N7O8P/c1-7-11-21(6)46-30(42)25(20(4)5)38-48(43,47-23-12-9-8-10-13-23)45-17-32(16-44-29(41)24(33)19(2)3)14-22(32)15-39-18-35-26-27(39)36-31(34)37-28(26)40/h8-10,12-13,15,18-21,24-25H,7,11,14,16-17,33H2,1-6H3,(H,38,43)(H3,34,36,37,40)/b22-15-/t21-,24?,25-,32?,48-/m0/s1. The van der Waals surface area contributed by atoms with Crippen LogP contribution in [0, 0.1) is 17.3 Å². The minimum absolute atomic E-state index is 0.0814. The summed E-state index contributed by atoms with van der Waals surface area (Å²) in [5.41, 5.74) is 11.4. The Labute approximate surface area is 279 Å². The molecule has 0 saturated heterocycles. The molecule has 2 aromatic heterocycles. The molecule has 48 heavy (non-hydrogen) atoms. The van der Waals surface area contributed by atoms with Gasteiger partial charge in [-0.05, 0) is 49.3 Å². The summed E-state index contributed by atoms with van der Waals surface area (Å²) >= 11 is 0. The largest absolute Gasteiger partial charge is 0.463 e. The second-order valence-corrected chi connectivity index (χ2v) is 14.5. The maximum atomic E-state index is 14.5. The van der Waals surface area contributed by atoms with E-state index >= 15 is 0 Å². The molecule has 3 aromatic rings. The number of carbonyl (C=O) groups is 2. The molecule has 0 amide bonds. The van der Waals surface area contributed by atoms with Crippen LogP contribution >= 0.6 is 7.75 Å². The van der Waals surface area contributed by atoms with Crippen LogP contribution in [0.1, 0.15) is 60.8 Å². The zero-order valence-electron chi connectivity index (χ0n) is 28.2. The van der Waals surface area contributed by atoms with Crippen molar-refractivity contribution in [3.63, 3.8) is 0 Å². The maximum absolute atomic E-state index is 14.5. The molecule has 0 bridgehead atoms. The van der Waals surface area contributed by atoms with E-state index in [4.69, 9.17) is 30.0 Å². The van der Waals surface area contributed by atoms with Gasteiger partial charge in [0.25, 0.3) is 5.56 Å². The normalized spacial score (nSPS) is 20.0. The molecule has 0 spiro atoms. The second kappa shape index (κ2) is 15.5. The van der Waals surface area contributed by atoms with Crippen LogP contribution in [-0.2, 0) is 28.2 Å². The summed E-state index contributed by atoms with van der Waals surface area (Å²) in [7, 11) is -4.29. The van der Waals surface area contributed by atoms with Gasteiger partial charge in [-0.1, -0.05) is 59.2 Å². The summed E-state index contributed by atoms with van der Waals surface area (Å²) in [6.45, 7) is 10.6. The lowest BCUT2D eigenvalue weighted by molar-refractivity contribution is -0.152. The fourth-order valence-corrected chi connectivity index (χ4v) is 6.66. The molecule has 5 atom stereocenters. The number of nitrogens with two attached hydrogens (primary N) is 2. The van der Waals surface area contributed by atoms with Gasteiger partial charge in [0.2, 0.25) is 5.95 Å². The van der Waals surface area contributed by atoms with Gasteiger partial charge in [-0.25, -0.2) is 9.55 Å². The molecule has 0 aliphatic heterocycles. The van der Waals surface area contributed by atoms with Gasteiger partial charge in [-0.15, -0.1) is 0 Å². The molecule has 1 aromatic carbocycles. The molecule has 1 saturated carbocycles. The first-order chi connectivity index (χ1) is 22.7. The van der Waals surface area contributed by atoms with E-state index in [9.17, 15) is 18.9 Å². The van der Waals surface area contributed by atoms with Crippen LogP contribution in [0.4, 0.5) is 5.95 Å². The van der Waals surface area contributed by atoms with Crippen molar-refractivity contribution in [2.45, 2.75) is 79.0 Å². The number of nitrogens with one attached hydrogen (secondary N) is 2.